The molecule has 2 aliphatic rings. The maximum absolute atomic E-state index is 10.5. The molecule has 2 aliphatic carbocycles. The maximum Gasteiger partial charge on any atom is 0.0611 e. The number of hydrogen-bond donors (Lipinski definition) is 2. The molecule has 1 aromatic rings. The minimum atomic E-state index is -0.155. The summed E-state index contributed by atoms with van der Waals surface area (Å²) in [6.45, 7) is 2.97. The van der Waals surface area contributed by atoms with Crippen LogP contribution in [-0.2, 0) is 6.42 Å². The highest BCUT2D eigenvalue weighted by Crippen LogP contribution is 2.48. The molecule has 27 heavy (non-hydrogen) atoms. The number of nitrogens with two attached hydrogens (primary N) is 1. The van der Waals surface area contributed by atoms with Crippen LogP contribution in [0.2, 0.25) is 0 Å². The SMILES string of the molecule is Cc1cccc(CC/C=C/[C@@H]2[C@H]3CC(CCCCCCN)=C[C@H]3C[C@H]2O)c1. The van der Waals surface area contributed by atoms with Crippen LogP contribution in [0.4, 0.5) is 0 Å². The van der Waals surface area contributed by atoms with Gasteiger partial charge >= 0.3 is 0 Å². The third kappa shape index (κ3) is 5.80. The van der Waals surface area contributed by atoms with Gasteiger partial charge in [-0.1, -0.05) is 66.5 Å². The van der Waals surface area contributed by atoms with E-state index >= 15 is 0 Å². The molecule has 0 saturated heterocycles. The average molecular weight is 368 g/mol. The van der Waals surface area contributed by atoms with Crippen molar-refractivity contribution < 1.29 is 5.11 Å². The molecule has 2 heteroatoms. The summed E-state index contributed by atoms with van der Waals surface area (Å²) in [6.07, 6.45) is 17.5. The van der Waals surface area contributed by atoms with Crippen LogP contribution in [0.25, 0.3) is 0 Å². The highest BCUT2D eigenvalue weighted by Gasteiger charge is 2.42. The topological polar surface area (TPSA) is 46.2 Å². The van der Waals surface area contributed by atoms with Gasteiger partial charge in [-0.05, 0) is 75.8 Å². The summed E-state index contributed by atoms with van der Waals surface area (Å²) in [5.41, 5.74) is 9.95. The van der Waals surface area contributed by atoms with Crippen LogP contribution in [-0.4, -0.2) is 17.8 Å². The predicted molar refractivity (Wildman–Crippen MR) is 115 cm³/mol. The second-order valence-corrected chi connectivity index (χ2v) is 8.65. The third-order valence-electron chi connectivity index (χ3n) is 6.44. The van der Waals surface area contributed by atoms with E-state index in [0.717, 1.165) is 32.2 Å². The molecule has 2 nitrogen and oxygen atoms in total. The third-order valence-corrected chi connectivity index (χ3v) is 6.44. The second-order valence-electron chi connectivity index (χ2n) is 8.65. The molecule has 0 bridgehead atoms. The summed E-state index contributed by atoms with van der Waals surface area (Å²) in [4.78, 5) is 0. The summed E-state index contributed by atoms with van der Waals surface area (Å²) >= 11 is 0. The van der Waals surface area contributed by atoms with Crippen molar-refractivity contribution in [2.75, 3.05) is 6.54 Å². The molecule has 3 N–H and O–H groups in total. The van der Waals surface area contributed by atoms with Crippen LogP contribution in [0.3, 0.4) is 0 Å². The standard InChI is InChI=1S/C25H37NO/c1-19-9-8-12-20(15-19)10-5-6-13-23-24-17-21(11-4-2-3-7-14-26)16-22(24)18-25(23)27/h6,8-9,12-13,15-16,22-25,27H,2-5,7,10-11,14,17-18,26H2,1H3/b13-6+/t22-,23+,24-,25+/m0/s1. The minimum Gasteiger partial charge on any atom is -0.392 e. The molecule has 0 amide bonds. The zero-order chi connectivity index (χ0) is 19.1. The first-order valence-electron chi connectivity index (χ1n) is 11.0. The Morgan fingerprint density at radius 2 is 2.00 bits per heavy atom. The van der Waals surface area contributed by atoms with Crippen molar-refractivity contribution in [3.05, 3.63) is 59.2 Å². The van der Waals surface area contributed by atoms with Crippen molar-refractivity contribution in [2.24, 2.45) is 23.5 Å². The van der Waals surface area contributed by atoms with Gasteiger partial charge in [-0.3, -0.25) is 0 Å². The van der Waals surface area contributed by atoms with E-state index in [-0.39, 0.29) is 6.10 Å². The van der Waals surface area contributed by atoms with Crippen LogP contribution in [0, 0.1) is 24.7 Å². The predicted octanol–water partition coefficient (Wildman–Crippen LogP) is 5.34. The van der Waals surface area contributed by atoms with Gasteiger partial charge in [0.15, 0.2) is 0 Å². The van der Waals surface area contributed by atoms with Crippen LogP contribution in [0.5, 0.6) is 0 Å². The van der Waals surface area contributed by atoms with E-state index in [1.54, 1.807) is 5.57 Å². The molecule has 3 rings (SSSR count). The number of fused-ring (bicyclic) bond motifs is 1. The molecule has 1 aromatic carbocycles. The highest BCUT2D eigenvalue weighted by molar-refractivity contribution is 5.23. The molecular formula is C25H37NO. The van der Waals surface area contributed by atoms with E-state index in [9.17, 15) is 5.11 Å². The van der Waals surface area contributed by atoms with Gasteiger partial charge in [0.05, 0.1) is 6.10 Å². The molecular weight excluding hydrogens is 330 g/mol. The van der Waals surface area contributed by atoms with Crippen LogP contribution in [0.15, 0.2) is 48.1 Å². The lowest BCUT2D eigenvalue weighted by Gasteiger charge is -2.18. The molecule has 0 radical (unpaired) electrons. The van der Waals surface area contributed by atoms with Crippen molar-refractivity contribution in [2.45, 2.75) is 70.8 Å². The first kappa shape index (κ1) is 20.4. The molecule has 148 valence electrons. The molecule has 0 aliphatic heterocycles. The molecule has 0 spiro atoms. The Bertz CT molecular complexity index is 647. The van der Waals surface area contributed by atoms with Gasteiger partial charge in [0, 0.05) is 5.92 Å². The largest absolute Gasteiger partial charge is 0.392 e. The lowest BCUT2D eigenvalue weighted by Crippen LogP contribution is -2.17. The monoisotopic (exact) mass is 367 g/mol. The van der Waals surface area contributed by atoms with Crippen molar-refractivity contribution in [1.29, 1.82) is 0 Å². The Balaban J connectivity index is 1.44. The van der Waals surface area contributed by atoms with Crippen LogP contribution < -0.4 is 5.73 Å². The number of hydrogen-bond acceptors (Lipinski definition) is 2. The van der Waals surface area contributed by atoms with E-state index in [2.05, 4.69) is 49.4 Å². The van der Waals surface area contributed by atoms with E-state index < -0.39 is 0 Å². The zero-order valence-corrected chi connectivity index (χ0v) is 16.9. The Hall–Kier alpha value is -1.38. The first-order chi connectivity index (χ1) is 13.2. The van der Waals surface area contributed by atoms with Gasteiger partial charge in [0.2, 0.25) is 0 Å². The summed E-state index contributed by atoms with van der Waals surface area (Å²) in [7, 11) is 0. The van der Waals surface area contributed by atoms with Crippen LogP contribution >= 0.6 is 0 Å². The van der Waals surface area contributed by atoms with Crippen molar-refractivity contribution in [3.8, 4) is 0 Å². The number of aliphatic hydroxyl groups is 1. The van der Waals surface area contributed by atoms with Crippen molar-refractivity contribution in [3.63, 3.8) is 0 Å². The van der Waals surface area contributed by atoms with Gasteiger partial charge in [-0.15, -0.1) is 0 Å². The molecule has 0 aromatic heterocycles. The zero-order valence-electron chi connectivity index (χ0n) is 16.9. The fourth-order valence-electron chi connectivity index (χ4n) is 5.01. The number of aryl methyl sites for hydroxylation is 2. The first-order valence-corrected chi connectivity index (χ1v) is 11.0. The number of allylic oxidation sites excluding steroid dienone is 3. The molecule has 1 saturated carbocycles. The van der Waals surface area contributed by atoms with E-state index in [4.69, 9.17) is 5.73 Å². The van der Waals surface area contributed by atoms with Crippen molar-refractivity contribution >= 4 is 0 Å². The summed E-state index contributed by atoms with van der Waals surface area (Å²) in [5, 5.41) is 10.5. The summed E-state index contributed by atoms with van der Waals surface area (Å²) < 4.78 is 0. The van der Waals surface area contributed by atoms with Gasteiger partial charge in [0.25, 0.3) is 0 Å². The Labute approximate surface area is 165 Å². The number of aliphatic hydroxyl groups excluding tert-OH is 1. The van der Waals surface area contributed by atoms with Gasteiger partial charge in [-0.2, -0.15) is 0 Å². The van der Waals surface area contributed by atoms with E-state index in [1.807, 2.05) is 0 Å². The minimum absolute atomic E-state index is 0.155. The Kier molecular flexibility index (Phi) is 7.72. The summed E-state index contributed by atoms with van der Waals surface area (Å²) in [6, 6.07) is 8.77. The van der Waals surface area contributed by atoms with E-state index in [0.29, 0.717) is 17.8 Å². The number of benzene rings is 1. The lowest BCUT2D eigenvalue weighted by molar-refractivity contribution is 0.141. The van der Waals surface area contributed by atoms with Gasteiger partial charge in [-0.25, -0.2) is 0 Å². The summed E-state index contributed by atoms with van der Waals surface area (Å²) in [5.74, 6) is 1.58. The Morgan fingerprint density at radius 1 is 1.15 bits per heavy atom. The normalized spacial score (nSPS) is 27.3. The fraction of sp³-hybridized carbons (Fsp3) is 0.600. The second kappa shape index (κ2) is 10.2. The number of unbranched alkanes of at least 4 members (excludes halogenated alkanes) is 3. The fourth-order valence-corrected chi connectivity index (χ4v) is 5.01. The molecule has 4 atom stereocenters. The molecule has 1 fully saturated rings. The highest BCUT2D eigenvalue weighted by atomic mass is 16.3. The molecule has 0 heterocycles. The van der Waals surface area contributed by atoms with E-state index in [1.165, 1.54) is 43.2 Å². The smallest absolute Gasteiger partial charge is 0.0611 e. The van der Waals surface area contributed by atoms with Crippen LogP contribution in [0.1, 0.15) is 62.5 Å². The van der Waals surface area contributed by atoms with Gasteiger partial charge < -0.3 is 10.8 Å². The van der Waals surface area contributed by atoms with Gasteiger partial charge in [0.1, 0.15) is 0 Å². The maximum atomic E-state index is 10.5. The average Bonchev–Trinajstić information content (AvgIpc) is 3.16. The van der Waals surface area contributed by atoms with Crippen molar-refractivity contribution in [1.82, 2.24) is 0 Å². The Morgan fingerprint density at radius 3 is 2.81 bits per heavy atom. The number of rotatable bonds is 10. The quantitative estimate of drug-likeness (QED) is 0.433. The lowest BCUT2D eigenvalue weighted by atomic mass is 9.88. The molecule has 0 unspecified atom stereocenters.